The summed E-state index contributed by atoms with van der Waals surface area (Å²) < 4.78 is 29.6. The number of hydrogen-bond acceptors (Lipinski definition) is 3. The summed E-state index contributed by atoms with van der Waals surface area (Å²) >= 11 is 0. The summed E-state index contributed by atoms with van der Waals surface area (Å²) in [6, 6.07) is 6.28. The van der Waals surface area contributed by atoms with Gasteiger partial charge >= 0.3 is 6.43 Å². The molecule has 92 valence electrons. The smallest absolute Gasteiger partial charge is 0.300 e. The highest BCUT2D eigenvalue weighted by atomic mass is 19.3. The maximum Gasteiger partial charge on any atom is 0.300 e. The molecule has 1 aromatic rings. The van der Waals surface area contributed by atoms with Gasteiger partial charge in [0.1, 0.15) is 0 Å². The maximum absolute atomic E-state index is 12.2. The Morgan fingerprint density at radius 1 is 1.18 bits per heavy atom. The van der Waals surface area contributed by atoms with E-state index in [0.717, 1.165) is 18.8 Å². The van der Waals surface area contributed by atoms with Crippen LogP contribution in [-0.4, -0.2) is 38.5 Å². The molecule has 0 atom stereocenters. The first-order valence-corrected chi connectivity index (χ1v) is 5.43. The van der Waals surface area contributed by atoms with Crippen LogP contribution in [0, 0.1) is 0 Å². The molecule has 0 saturated carbocycles. The first-order chi connectivity index (χ1) is 8.18. The maximum atomic E-state index is 12.2. The van der Waals surface area contributed by atoms with Gasteiger partial charge in [0.15, 0.2) is 0 Å². The third-order valence-electron chi connectivity index (χ3n) is 2.73. The molecule has 1 aliphatic rings. The van der Waals surface area contributed by atoms with Gasteiger partial charge in [0.2, 0.25) is 5.78 Å². The van der Waals surface area contributed by atoms with Crippen LogP contribution < -0.4 is 4.90 Å². The molecule has 1 saturated heterocycles. The molecule has 0 radical (unpaired) electrons. The van der Waals surface area contributed by atoms with Gasteiger partial charge in [-0.3, -0.25) is 4.79 Å². The summed E-state index contributed by atoms with van der Waals surface area (Å²) in [6.07, 6.45) is -2.94. The van der Waals surface area contributed by atoms with Gasteiger partial charge < -0.3 is 9.64 Å². The van der Waals surface area contributed by atoms with Crippen LogP contribution in [0.3, 0.4) is 0 Å². The molecule has 17 heavy (non-hydrogen) atoms. The summed E-state index contributed by atoms with van der Waals surface area (Å²) in [4.78, 5) is 13.1. The van der Waals surface area contributed by atoms with E-state index in [2.05, 4.69) is 4.90 Å². The topological polar surface area (TPSA) is 29.5 Å². The first kappa shape index (κ1) is 12.0. The molecule has 0 amide bonds. The number of alkyl halides is 2. The van der Waals surface area contributed by atoms with Crippen LogP contribution in [0.4, 0.5) is 14.5 Å². The summed E-state index contributed by atoms with van der Waals surface area (Å²) in [6.45, 7) is 2.89. The summed E-state index contributed by atoms with van der Waals surface area (Å²) in [5, 5.41) is 0. The highest BCUT2D eigenvalue weighted by Crippen LogP contribution is 2.18. The molecule has 3 nitrogen and oxygen atoms in total. The van der Waals surface area contributed by atoms with Gasteiger partial charge in [0.05, 0.1) is 13.2 Å². The predicted molar refractivity (Wildman–Crippen MR) is 59.8 cm³/mol. The third kappa shape index (κ3) is 2.79. The van der Waals surface area contributed by atoms with Gasteiger partial charge in [0.25, 0.3) is 0 Å². The van der Waals surface area contributed by atoms with Crippen LogP contribution in [0.5, 0.6) is 0 Å². The van der Waals surface area contributed by atoms with Crippen LogP contribution >= 0.6 is 0 Å². The second kappa shape index (κ2) is 5.23. The fourth-order valence-electron chi connectivity index (χ4n) is 1.78. The van der Waals surface area contributed by atoms with E-state index in [9.17, 15) is 13.6 Å². The quantitative estimate of drug-likeness (QED) is 0.758. The SMILES string of the molecule is O=C(c1ccc(N2CCOCC2)cc1)C(F)F. The number of carbonyl (C=O) groups is 1. The minimum Gasteiger partial charge on any atom is -0.378 e. The lowest BCUT2D eigenvalue weighted by atomic mass is 10.1. The van der Waals surface area contributed by atoms with Crippen LogP contribution in [-0.2, 0) is 4.74 Å². The Hall–Kier alpha value is -1.49. The van der Waals surface area contributed by atoms with Gasteiger partial charge in [-0.1, -0.05) is 0 Å². The van der Waals surface area contributed by atoms with Gasteiger partial charge in [-0.25, -0.2) is 8.78 Å². The van der Waals surface area contributed by atoms with Crippen LogP contribution in [0.25, 0.3) is 0 Å². The van der Waals surface area contributed by atoms with Crippen molar-refractivity contribution in [2.24, 2.45) is 0 Å². The fourth-order valence-corrected chi connectivity index (χ4v) is 1.78. The molecule has 0 unspecified atom stereocenters. The van der Waals surface area contributed by atoms with E-state index in [1.165, 1.54) is 12.1 Å². The molecule has 1 heterocycles. The van der Waals surface area contributed by atoms with Crippen molar-refractivity contribution in [2.45, 2.75) is 6.43 Å². The van der Waals surface area contributed by atoms with E-state index in [-0.39, 0.29) is 5.56 Å². The highest BCUT2D eigenvalue weighted by Gasteiger charge is 2.18. The summed E-state index contributed by atoms with van der Waals surface area (Å²) in [5.41, 5.74) is 0.983. The van der Waals surface area contributed by atoms with Crippen LogP contribution in [0.2, 0.25) is 0 Å². The number of ether oxygens (including phenoxy) is 1. The lowest BCUT2D eigenvalue weighted by molar-refractivity contribution is 0.0679. The minimum atomic E-state index is -2.94. The zero-order valence-corrected chi connectivity index (χ0v) is 9.23. The fraction of sp³-hybridized carbons (Fsp3) is 0.417. The molecule has 1 fully saturated rings. The van der Waals surface area contributed by atoms with E-state index in [1.54, 1.807) is 12.1 Å². The highest BCUT2D eigenvalue weighted by molar-refractivity contribution is 5.98. The Morgan fingerprint density at radius 3 is 2.29 bits per heavy atom. The predicted octanol–water partition coefficient (Wildman–Crippen LogP) is 1.97. The Balaban J connectivity index is 2.09. The van der Waals surface area contributed by atoms with Crippen molar-refractivity contribution in [3.8, 4) is 0 Å². The summed E-state index contributed by atoms with van der Waals surface area (Å²) in [7, 11) is 0. The molecular weight excluding hydrogens is 228 g/mol. The average Bonchev–Trinajstić information content (AvgIpc) is 2.39. The van der Waals surface area contributed by atoms with Gasteiger partial charge in [-0.15, -0.1) is 0 Å². The van der Waals surface area contributed by atoms with Crippen molar-refractivity contribution >= 4 is 11.5 Å². The van der Waals surface area contributed by atoms with E-state index < -0.39 is 12.2 Å². The minimum absolute atomic E-state index is 0.0528. The molecule has 0 spiro atoms. The molecule has 1 aliphatic heterocycles. The largest absolute Gasteiger partial charge is 0.378 e. The number of carbonyl (C=O) groups excluding carboxylic acids is 1. The monoisotopic (exact) mass is 241 g/mol. The number of morpholine rings is 1. The van der Waals surface area contributed by atoms with Crippen molar-refractivity contribution < 1.29 is 18.3 Å². The van der Waals surface area contributed by atoms with E-state index in [4.69, 9.17) is 4.74 Å². The number of benzene rings is 1. The normalized spacial score (nSPS) is 16.3. The molecule has 0 bridgehead atoms. The van der Waals surface area contributed by atoms with E-state index in [1.807, 2.05) is 0 Å². The van der Waals surface area contributed by atoms with Gasteiger partial charge in [-0.2, -0.15) is 0 Å². The lowest BCUT2D eigenvalue weighted by Gasteiger charge is -2.28. The molecule has 0 N–H and O–H groups in total. The summed E-state index contributed by atoms with van der Waals surface area (Å²) in [5.74, 6) is -1.13. The number of rotatable bonds is 3. The molecular formula is C12H13F2NO2. The Kier molecular flexibility index (Phi) is 3.68. The molecule has 2 rings (SSSR count). The van der Waals surface area contributed by atoms with E-state index in [0.29, 0.717) is 13.2 Å². The molecule has 5 heteroatoms. The van der Waals surface area contributed by atoms with Gasteiger partial charge in [0, 0.05) is 24.3 Å². The number of anilines is 1. The molecule has 1 aromatic carbocycles. The first-order valence-electron chi connectivity index (χ1n) is 5.43. The van der Waals surface area contributed by atoms with E-state index >= 15 is 0 Å². The van der Waals surface area contributed by atoms with Crippen LogP contribution in [0.1, 0.15) is 10.4 Å². The second-order valence-electron chi connectivity index (χ2n) is 3.81. The van der Waals surface area contributed by atoms with Crippen molar-refractivity contribution in [1.29, 1.82) is 0 Å². The Bertz CT molecular complexity index is 386. The Labute approximate surface area is 98.0 Å². The Morgan fingerprint density at radius 2 is 1.76 bits per heavy atom. The number of halogens is 2. The zero-order chi connectivity index (χ0) is 12.3. The van der Waals surface area contributed by atoms with Crippen molar-refractivity contribution in [3.63, 3.8) is 0 Å². The third-order valence-corrected chi connectivity index (χ3v) is 2.73. The number of Topliss-reactive ketones (excluding diaryl/α,β-unsaturated/α-hetero) is 1. The number of ketones is 1. The molecule has 0 aromatic heterocycles. The lowest BCUT2D eigenvalue weighted by Crippen LogP contribution is -2.36. The number of hydrogen-bond donors (Lipinski definition) is 0. The standard InChI is InChI=1S/C12H13F2NO2/c13-12(14)11(16)9-1-3-10(4-2-9)15-5-7-17-8-6-15/h1-4,12H,5-8H2. The van der Waals surface area contributed by atoms with Crippen molar-refractivity contribution in [2.75, 3.05) is 31.2 Å². The van der Waals surface area contributed by atoms with Crippen LogP contribution in [0.15, 0.2) is 24.3 Å². The van der Waals surface area contributed by atoms with Gasteiger partial charge in [-0.05, 0) is 24.3 Å². The molecule has 0 aliphatic carbocycles. The van der Waals surface area contributed by atoms with Crippen molar-refractivity contribution in [1.82, 2.24) is 0 Å². The van der Waals surface area contributed by atoms with Crippen molar-refractivity contribution in [3.05, 3.63) is 29.8 Å². The second-order valence-corrected chi connectivity index (χ2v) is 3.81. The zero-order valence-electron chi connectivity index (χ0n) is 9.23. The number of nitrogens with zero attached hydrogens (tertiary/aromatic N) is 1. The average molecular weight is 241 g/mol.